The fraction of sp³-hybridized carbons (Fsp3) is 0.0455. The lowest BCUT2D eigenvalue weighted by Crippen LogP contribution is -2.17. The van der Waals surface area contributed by atoms with Gasteiger partial charge in [-0.2, -0.15) is 0 Å². The lowest BCUT2D eigenvalue weighted by atomic mass is 10.1. The van der Waals surface area contributed by atoms with Gasteiger partial charge in [0.2, 0.25) is 0 Å². The van der Waals surface area contributed by atoms with E-state index in [4.69, 9.17) is 4.84 Å². The second-order valence-electron chi connectivity index (χ2n) is 6.14. The highest BCUT2D eigenvalue weighted by Gasteiger charge is 2.12. The quantitative estimate of drug-likeness (QED) is 0.398. The third-order valence-electron chi connectivity index (χ3n) is 4.14. The van der Waals surface area contributed by atoms with E-state index in [0.29, 0.717) is 11.4 Å². The third kappa shape index (κ3) is 4.07. The number of rotatable bonds is 6. The van der Waals surface area contributed by atoms with Gasteiger partial charge in [0.1, 0.15) is 5.71 Å². The number of fused-ring (bicyclic) bond motifs is 1. The topological polar surface area (TPSA) is 79.4 Å². The summed E-state index contributed by atoms with van der Waals surface area (Å²) in [6, 6.07) is 22.8. The second-order valence-corrected chi connectivity index (χ2v) is 6.14. The molecule has 4 aromatic rings. The second kappa shape index (κ2) is 8.18. The van der Waals surface area contributed by atoms with Crippen molar-refractivity contribution in [1.29, 1.82) is 0 Å². The number of aromatic amines is 1. The summed E-state index contributed by atoms with van der Waals surface area (Å²) in [6.07, 6.45) is 3.50. The highest BCUT2D eigenvalue weighted by atomic mass is 16.6. The number of benzene rings is 2. The first-order valence-electron chi connectivity index (χ1n) is 8.83. The Morgan fingerprint density at radius 1 is 1.04 bits per heavy atom. The van der Waals surface area contributed by atoms with Crippen LogP contribution >= 0.6 is 0 Å². The normalized spacial score (nSPS) is 11.4. The van der Waals surface area contributed by atoms with Crippen molar-refractivity contribution in [1.82, 2.24) is 9.97 Å². The van der Waals surface area contributed by atoms with Crippen LogP contribution in [0.3, 0.4) is 0 Å². The number of oxime groups is 1. The molecule has 0 saturated carbocycles. The number of nitrogens with zero attached hydrogens (tertiary/aromatic N) is 2. The molecule has 4 rings (SSSR count). The number of aromatic nitrogens is 2. The fourth-order valence-corrected chi connectivity index (χ4v) is 2.83. The monoisotopic (exact) mass is 370 g/mol. The number of para-hydroxylation sites is 1. The average molecular weight is 370 g/mol. The van der Waals surface area contributed by atoms with Crippen molar-refractivity contribution in [2.45, 2.75) is 0 Å². The van der Waals surface area contributed by atoms with E-state index in [1.165, 1.54) is 0 Å². The maximum absolute atomic E-state index is 12.1. The van der Waals surface area contributed by atoms with E-state index < -0.39 is 0 Å². The summed E-state index contributed by atoms with van der Waals surface area (Å²) >= 11 is 0. The molecule has 2 heterocycles. The van der Waals surface area contributed by atoms with Crippen molar-refractivity contribution >= 4 is 28.2 Å². The predicted octanol–water partition coefficient (Wildman–Crippen LogP) is 3.97. The first kappa shape index (κ1) is 17.5. The third-order valence-corrected chi connectivity index (χ3v) is 4.14. The largest absolute Gasteiger partial charge is 0.385 e. The van der Waals surface area contributed by atoms with Gasteiger partial charge >= 0.3 is 0 Å². The number of pyridine rings is 1. The van der Waals surface area contributed by atoms with Gasteiger partial charge in [0.15, 0.2) is 6.61 Å². The molecule has 6 nitrogen and oxygen atoms in total. The van der Waals surface area contributed by atoms with Gasteiger partial charge in [-0.3, -0.25) is 9.78 Å². The van der Waals surface area contributed by atoms with Crippen LogP contribution in [0.2, 0.25) is 0 Å². The van der Waals surface area contributed by atoms with Gasteiger partial charge in [0.25, 0.3) is 5.91 Å². The molecule has 6 heteroatoms. The van der Waals surface area contributed by atoms with E-state index >= 15 is 0 Å². The number of carbonyl (C=O) groups is 1. The predicted molar refractivity (Wildman–Crippen MR) is 109 cm³/mol. The van der Waals surface area contributed by atoms with Crippen LogP contribution in [0.15, 0.2) is 90.3 Å². The Morgan fingerprint density at radius 2 is 1.79 bits per heavy atom. The molecule has 0 atom stereocenters. The summed E-state index contributed by atoms with van der Waals surface area (Å²) in [5.74, 6) is -0.275. The standard InChI is InChI=1S/C22H18N4O2/c27-21(24-18-9-5-2-6-10-18)15-28-26-22(16-7-3-1-4-8-16)19-13-17-11-12-23-14-20(17)25-19/h1-14,25H,15H2,(H,24,27)/b26-22+. The van der Waals surface area contributed by atoms with E-state index in [-0.39, 0.29) is 12.5 Å². The van der Waals surface area contributed by atoms with Crippen molar-refractivity contribution in [2.75, 3.05) is 11.9 Å². The van der Waals surface area contributed by atoms with Crippen LogP contribution in [-0.2, 0) is 9.63 Å². The average Bonchev–Trinajstić information content (AvgIpc) is 3.16. The zero-order valence-corrected chi connectivity index (χ0v) is 15.0. The lowest BCUT2D eigenvalue weighted by Gasteiger charge is -2.07. The Kier molecular flexibility index (Phi) is 5.11. The SMILES string of the molecule is O=C(CO/N=C(\c1ccccc1)c1cc2ccncc2[nH]1)Nc1ccccc1. The molecule has 138 valence electrons. The molecular formula is C22H18N4O2. The lowest BCUT2D eigenvalue weighted by molar-refractivity contribution is -0.120. The van der Waals surface area contributed by atoms with Gasteiger partial charge < -0.3 is 15.1 Å². The minimum absolute atomic E-state index is 0.187. The Hall–Kier alpha value is -3.93. The van der Waals surface area contributed by atoms with Gasteiger partial charge in [-0.25, -0.2) is 0 Å². The maximum Gasteiger partial charge on any atom is 0.265 e. The highest BCUT2D eigenvalue weighted by Crippen LogP contribution is 2.17. The maximum atomic E-state index is 12.1. The summed E-state index contributed by atoms with van der Waals surface area (Å²) in [7, 11) is 0. The summed E-state index contributed by atoms with van der Waals surface area (Å²) in [5, 5.41) is 8.04. The number of carbonyl (C=O) groups excluding carboxylic acids is 1. The smallest absolute Gasteiger partial charge is 0.265 e. The summed E-state index contributed by atoms with van der Waals surface area (Å²) in [4.78, 5) is 24.9. The van der Waals surface area contributed by atoms with E-state index in [1.54, 1.807) is 12.4 Å². The summed E-state index contributed by atoms with van der Waals surface area (Å²) < 4.78 is 0. The van der Waals surface area contributed by atoms with Crippen LogP contribution in [0.5, 0.6) is 0 Å². The van der Waals surface area contributed by atoms with E-state index in [9.17, 15) is 4.79 Å². The molecule has 0 unspecified atom stereocenters. The first-order valence-corrected chi connectivity index (χ1v) is 8.83. The molecular weight excluding hydrogens is 352 g/mol. The van der Waals surface area contributed by atoms with Gasteiger partial charge in [-0.05, 0) is 24.3 Å². The summed E-state index contributed by atoms with van der Waals surface area (Å²) in [5.41, 5.74) is 3.90. The van der Waals surface area contributed by atoms with Crippen LogP contribution in [0.25, 0.3) is 10.9 Å². The number of hydrogen-bond acceptors (Lipinski definition) is 4. The van der Waals surface area contributed by atoms with E-state index in [1.807, 2.05) is 72.8 Å². The van der Waals surface area contributed by atoms with Crippen molar-refractivity contribution < 1.29 is 9.63 Å². The van der Waals surface area contributed by atoms with E-state index in [2.05, 4.69) is 20.4 Å². The zero-order chi connectivity index (χ0) is 19.2. The Labute approximate surface area is 161 Å². The summed E-state index contributed by atoms with van der Waals surface area (Å²) in [6.45, 7) is -0.187. The number of anilines is 1. The molecule has 0 radical (unpaired) electrons. The Bertz CT molecular complexity index is 1070. The van der Waals surface area contributed by atoms with Crippen LogP contribution in [0.4, 0.5) is 5.69 Å². The molecule has 0 saturated heterocycles. The number of nitrogens with one attached hydrogen (secondary N) is 2. The molecule has 0 aliphatic heterocycles. The molecule has 2 aromatic carbocycles. The van der Waals surface area contributed by atoms with Gasteiger partial charge in [-0.15, -0.1) is 0 Å². The van der Waals surface area contributed by atoms with E-state index in [0.717, 1.165) is 22.2 Å². The molecule has 0 bridgehead atoms. The molecule has 0 aliphatic rings. The number of H-pyrrole nitrogens is 1. The van der Waals surface area contributed by atoms with Crippen LogP contribution in [-0.4, -0.2) is 28.2 Å². The van der Waals surface area contributed by atoms with Crippen LogP contribution in [0.1, 0.15) is 11.3 Å². The minimum Gasteiger partial charge on any atom is -0.385 e. The minimum atomic E-state index is -0.275. The molecule has 0 fully saturated rings. The number of hydrogen-bond donors (Lipinski definition) is 2. The van der Waals surface area contributed by atoms with Gasteiger partial charge in [0, 0.05) is 22.8 Å². The molecule has 28 heavy (non-hydrogen) atoms. The molecule has 0 aliphatic carbocycles. The van der Waals surface area contributed by atoms with Crippen molar-refractivity contribution in [2.24, 2.45) is 5.16 Å². The van der Waals surface area contributed by atoms with Gasteiger partial charge in [-0.1, -0.05) is 53.7 Å². The van der Waals surface area contributed by atoms with Gasteiger partial charge in [0.05, 0.1) is 17.4 Å². The van der Waals surface area contributed by atoms with Crippen LogP contribution < -0.4 is 5.32 Å². The van der Waals surface area contributed by atoms with Crippen molar-refractivity contribution in [3.63, 3.8) is 0 Å². The Morgan fingerprint density at radius 3 is 2.54 bits per heavy atom. The van der Waals surface area contributed by atoms with Crippen LogP contribution in [0, 0.1) is 0 Å². The van der Waals surface area contributed by atoms with Crippen molar-refractivity contribution in [3.05, 3.63) is 96.4 Å². The molecule has 2 aromatic heterocycles. The Balaban J connectivity index is 1.54. The fourth-order valence-electron chi connectivity index (χ4n) is 2.83. The molecule has 1 amide bonds. The molecule has 0 spiro atoms. The van der Waals surface area contributed by atoms with Crippen molar-refractivity contribution in [3.8, 4) is 0 Å². The zero-order valence-electron chi connectivity index (χ0n) is 15.0. The first-order chi connectivity index (χ1) is 13.8. The number of amides is 1. The highest BCUT2D eigenvalue weighted by molar-refractivity contribution is 6.13. The molecule has 2 N–H and O–H groups in total.